The van der Waals surface area contributed by atoms with Crippen molar-refractivity contribution in [2.75, 3.05) is 6.54 Å². The molecule has 0 bridgehead atoms. The van der Waals surface area contributed by atoms with E-state index in [-0.39, 0.29) is 5.91 Å². The van der Waals surface area contributed by atoms with Crippen molar-refractivity contribution in [2.24, 2.45) is 5.92 Å². The summed E-state index contributed by atoms with van der Waals surface area (Å²) in [6.45, 7) is 2.42. The molecule has 1 fully saturated rings. The van der Waals surface area contributed by atoms with Crippen molar-refractivity contribution < 1.29 is 14.3 Å². The molecule has 0 radical (unpaired) electrons. The molecule has 120 valence electrons. The molecule has 1 aromatic rings. The number of nitrogens with one attached hydrogen (secondary N) is 1. The summed E-state index contributed by atoms with van der Waals surface area (Å²) in [5.74, 6) is 0.881. The van der Waals surface area contributed by atoms with E-state index in [9.17, 15) is 9.59 Å². The molecule has 4 nitrogen and oxygen atoms in total. The Labute approximate surface area is 139 Å². The number of hydrogen-bond donors (Lipinski definition) is 1. The zero-order valence-corrected chi connectivity index (χ0v) is 14.4. The Hall–Kier alpha value is -1.36. The molecule has 1 aliphatic rings. The quantitative estimate of drug-likeness (QED) is 0.779. The van der Waals surface area contributed by atoms with Gasteiger partial charge in [0.1, 0.15) is 5.75 Å². The van der Waals surface area contributed by atoms with Crippen LogP contribution in [-0.4, -0.2) is 24.8 Å². The Morgan fingerprint density at radius 1 is 1.41 bits per heavy atom. The highest BCUT2D eigenvalue weighted by Gasteiger charge is 2.19. The Morgan fingerprint density at radius 3 is 2.82 bits per heavy atom. The van der Waals surface area contributed by atoms with Crippen molar-refractivity contribution in [3.8, 4) is 5.75 Å². The molecule has 22 heavy (non-hydrogen) atoms. The molecule has 0 aromatic heterocycles. The van der Waals surface area contributed by atoms with Gasteiger partial charge in [0.2, 0.25) is 0 Å². The Bertz CT molecular complexity index is 527. The van der Waals surface area contributed by atoms with Gasteiger partial charge in [-0.25, -0.2) is 0 Å². The number of ether oxygens (including phenoxy) is 1. The van der Waals surface area contributed by atoms with Crippen LogP contribution in [0.3, 0.4) is 0 Å². The third-order valence-corrected chi connectivity index (χ3v) is 4.55. The fourth-order valence-corrected chi connectivity index (χ4v) is 3.12. The molecule has 1 saturated carbocycles. The molecule has 1 aliphatic carbocycles. The zero-order valence-electron chi connectivity index (χ0n) is 12.8. The van der Waals surface area contributed by atoms with E-state index >= 15 is 0 Å². The third kappa shape index (κ3) is 4.83. The fraction of sp³-hybridized carbons (Fsp3) is 0.529. The molecule has 5 heteroatoms. The lowest BCUT2D eigenvalue weighted by atomic mass is 9.89. The normalized spacial score (nSPS) is 16.8. The van der Waals surface area contributed by atoms with E-state index in [2.05, 4.69) is 21.2 Å². The van der Waals surface area contributed by atoms with Gasteiger partial charge in [0.05, 0.1) is 5.56 Å². The van der Waals surface area contributed by atoms with Crippen LogP contribution < -0.4 is 10.1 Å². The molecule has 0 unspecified atom stereocenters. The molecular formula is C17H22BrNO3. The third-order valence-electron chi connectivity index (χ3n) is 4.06. The average Bonchev–Trinajstić information content (AvgIpc) is 2.55. The van der Waals surface area contributed by atoms with Crippen LogP contribution >= 0.6 is 15.9 Å². The van der Waals surface area contributed by atoms with Gasteiger partial charge in [-0.15, -0.1) is 0 Å². The van der Waals surface area contributed by atoms with Crippen molar-refractivity contribution in [3.63, 3.8) is 0 Å². The number of hydrogen-bond acceptors (Lipinski definition) is 3. The van der Waals surface area contributed by atoms with E-state index < -0.39 is 6.10 Å². The number of carbonyl (C=O) groups is 2. The van der Waals surface area contributed by atoms with Crippen LogP contribution in [0.15, 0.2) is 22.7 Å². The minimum atomic E-state index is -0.622. The number of halogens is 1. The Morgan fingerprint density at radius 2 is 2.14 bits per heavy atom. The summed E-state index contributed by atoms with van der Waals surface area (Å²) in [4.78, 5) is 23.2. The molecule has 1 aromatic carbocycles. The summed E-state index contributed by atoms with van der Waals surface area (Å²) in [5.41, 5.74) is 0.432. The maximum Gasteiger partial charge on any atom is 0.260 e. The standard InChI is InChI=1S/C17H22BrNO3/c1-12(17(21)19-10-13-5-3-2-4-6-13)22-16-8-7-15(18)9-14(16)11-20/h7-9,11-13H,2-6,10H2,1H3,(H,19,21)/t12-/m0/s1. The second-order valence-corrected chi connectivity index (χ2v) is 6.72. The van der Waals surface area contributed by atoms with Crippen LogP contribution in [0, 0.1) is 5.92 Å². The maximum absolute atomic E-state index is 12.1. The summed E-state index contributed by atoms with van der Waals surface area (Å²) < 4.78 is 6.43. The van der Waals surface area contributed by atoms with Crippen LogP contribution in [0.25, 0.3) is 0 Å². The first-order valence-corrected chi connectivity index (χ1v) is 8.58. The van der Waals surface area contributed by atoms with Gasteiger partial charge in [-0.2, -0.15) is 0 Å². The van der Waals surface area contributed by atoms with Crippen LogP contribution in [0.5, 0.6) is 5.75 Å². The van der Waals surface area contributed by atoms with E-state index in [1.165, 1.54) is 32.1 Å². The number of benzene rings is 1. The first kappa shape index (κ1) is 17.0. The van der Waals surface area contributed by atoms with Crippen LogP contribution in [-0.2, 0) is 4.79 Å². The molecule has 0 heterocycles. The lowest BCUT2D eigenvalue weighted by Crippen LogP contribution is -2.39. The van der Waals surface area contributed by atoms with Gasteiger partial charge in [-0.3, -0.25) is 9.59 Å². The topological polar surface area (TPSA) is 55.4 Å². The molecule has 0 spiro atoms. The van der Waals surface area contributed by atoms with Crippen molar-refractivity contribution in [1.29, 1.82) is 0 Å². The first-order chi connectivity index (χ1) is 10.6. The van der Waals surface area contributed by atoms with Crippen molar-refractivity contribution in [1.82, 2.24) is 5.32 Å². The van der Waals surface area contributed by atoms with Gasteiger partial charge < -0.3 is 10.1 Å². The van der Waals surface area contributed by atoms with Gasteiger partial charge in [-0.05, 0) is 43.9 Å². The summed E-state index contributed by atoms with van der Waals surface area (Å²) in [6.07, 6.45) is 6.31. The van der Waals surface area contributed by atoms with Crippen molar-refractivity contribution in [2.45, 2.75) is 45.1 Å². The van der Waals surface area contributed by atoms with Gasteiger partial charge in [0.25, 0.3) is 5.91 Å². The van der Waals surface area contributed by atoms with Gasteiger partial charge in [0.15, 0.2) is 12.4 Å². The predicted octanol–water partition coefficient (Wildman–Crippen LogP) is 3.73. The van der Waals surface area contributed by atoms with E-state index in [0.29, 0.717) is 23.8 Å². The number of rotatable bonds is 6. The predicted molar refractivity (Wildman–Crippen MR) is 89.2 cm³/mol. The smallest absolute Gasteiger partial charge is 0.260 e. The lowest BCUT2D eigenvalue weighted by Gasteiger charge is -2.23. The van der Waals surface area contributed by atoms with Gasteiger partial charge in [0, 0.05) is 11.0 Å². The van der Waals surface area contributed by atoms with Crippen LogP contribution in [0.2, 0.25) is 0 Å². The number of amides is 1. The van der Waals surface area contributed by atoms with E-state index in [1.807, 2.05) is 0 Å². The van der Waals surface area contributed by atoms with Gasteiger partial charge >= 0.3 is 0 Å². The zero-order chi connectivity index (χ0) is 15.9. The van der Waals surface area contributed by atoms with E-state index in [0.717, 1.165) is 10.8 Å². The molecule has 1 amide bonds. The minimum absolute atomic E-state index is 0.134. The second-order valence-electron chi connectivity index (χ2n) is 5.81. The van der Waals surface area contributed by atoms with E-state index in [1.54, 1.807) is 25.1 Å². The highest BCUT2D eigenvalue weighted by molar-refractivity contribution is 9.10. The minimum Gasteiger partial charge on any atom is -0.480 e. The lowest BCUT2D eigenvalue weighted by molar-refractivity contribution is -0.127. The Balaban J connectivity index is 1.86. The van der Waals surface area contributed by atoms with E-state index in [4.69, 9.17) is 4.74 Å². The van der Waals surface area contributed by atoms with Crippen molar-refractivity contribution >= 4 is 28.1 Å². The van der Waals surface area contributed by atoms with Crippen LogP contribution in [0.4, 0.5) is 0 Å². The molecule has 0 saturated heterocycles. The van der Waals surface area contributed by atoms with Crippen molar-refractivity contribution in [3.05, 3.63) is 28.2 Å². The molecule has 1 N–H and O–H groups in total. The number of carbonyl (C=O) groups excluding carboxylic acids is 2. The first-order valence-electron chi connectivity index (χ1n) is 7.79. The molecule has 0 aliphatic heterocycles. The average molecular weight is 368 g/mol. The van der Waals surface area contributed by atoms with Crippen LogP contribution in [0.1, 0.15) is 49.4 Å². The SMILES string of the molecule is C[C@H](Oc1ccc(Br)cc1C=O)C(=O)NCC1CCCCC1. The highest BCUT2D eigenvalue weighted by Crippen LogP contribution is 2.24. The summed E-state index contributed by atoms with van der Waals surface area (Å²) in [5, 5.41) is 2.96. The molecule has 2 rings (SSSR count). The Kier molecular flexibility index (Phi) is 6.43. The second kappa shape index (κ2) is 8.32. The summed E-state index contributed by atoms with van der Waals surface area (Å²) in [7, 11) is 0. The summed E-state index contributed by atoms with van der Waals surface area (Å²) in [6, 6.07) is 5.16. The van der Waals surface area contributed by atoms with Gasteiger partial charge in [-0.1, -0.05) is 35.2 Å². The molecular weight excluding hydrogens is 346 g/mol. The largest absolute Gasteiger partial charge is 0.480 e. The summed E-state index contributed by atoms with van der Waals surface area (Å²) >= 11 is 3.31. The monoisotopic (exact) mass is 367 g/mol. The molecule has 1 atom stereocenters. The highest BCUT2D eigenvalue weighted by atomic mass is 79.9. The maximum atomic E-state index is 12.1. The number of aldehydes is 1. The fourth-order valence-electron chi connectivity index (χ4n) is 2.74.